The minimum absolute atomic E-state index is 0.0176. The van der Waals surface area contributed by atoms with Gasteiger partial charge in [0.2, 0.25) is 5.56 Å². The molecule has 110 valence electrons. The SMILES string of the molecule is CC(C)CC(CNC(=O)c1cccc(=O)[nH]1)CC(=O)O. The lowest BCUT2D eigenvalue weighted by atomic mass is 9.94. The molecule has 0 aliphatic carbocycles. The van der Waals surface area contributed by atoms with E-state index in [9.17, 15) is 14.4 Å². The van der Waals surface area contributed by atoms with Crippen LogP contribution < -0.4 is 10.9 Å². The molecular weight excluding hydrogens is 260 g/mol. The molecule has 1 aromatic heterocycles. The van der Waals surface area contributed by atoms with Gasteiger partial charge >= 0.3 is 5.97 Å². The van der Waals surface area contributed by atoms with Crippen molar-refractivity contribution in [2.24, 2.45) is 11.8 Å². The summed E-state index contributed by atoms with van der Waals surface area (Å²) in [7, 11) is 0. The Labute approximate surface area is 117 Å². The highest BCUT2D eigenvalue weighted by molar-refractivity contribution is 5.92. The van der Waals surface area contributed by atoms with Gasteiger partial charge in [-0.05, 0) is 24.3 Å². The summed E-state index contributed by atoms with van der Waals surface area (Å²) in [5, 5.41) is 11.5. The minimum atomic E-state index is -0.877. The topological polar surface area (TPSA) is 99.3 Å². The normalized spacial score (nSPS) is 12.2. The molecular formula is C14H20N2O4. The van der Waals surface area contributed by atoms with Crippen molar-refractivity contribution in [2.75, 3.05) is 6.54 Å². The van der Waals surface area contributed by atoms with E-state index in [1.807, 2.05) is 13.8 Å². The van der Waals surface area contributed by atoms with Crippen LogP contribution in [0.2, 0.25) is 0 Å². The van der Waals surface area contributed by atoms with E-state index in [0.717, 1.165) is 6.42 Å². The van der Waals surface area contributed by atoms with Crippen molar-refractivity contribution < 1.29 is 14.7 Å². The summed E-state index contributed by atoms with van der Waals surface area (Å²) in [5.74, 6) is -1.04. The zero-order valence-corrected chi connectivity index (χ0v) is 11.7. The number of rotatable bonds is 7. The van der Waals surface area contributed by atoms with Crippen molar-refractivity contribution in [3.05, 3.63) is 34.2 Å². The number of nitrogens with one attached hydrogen (secondary N) is 2. The van der Waals surface area contributed by atoms with Gasteiger partial charge in [0.05, 0.1) is 0 Å². The molecule has 0 aliphatic heterocycles. The third kappa shape index (κ3) is 5.69. The predicted octanol–water partition coefficient (Wildman–Crippen LogP) is 1.24. The molecule has 1 unspecified atom stereocenters. The van der Waals surface area contributed by atoms with Crippen LogP contribution in [0, 0.1) is 11.8 Å². The molecule has 3 N–H and O–H groups in total. The molecule has 0 spiro atoms. The second-order valence-corrected chi connectivity index (χ2v) is 5.23. The molecule has 1 rings (SSSR count). The van der Waals surface area contributed by atoms with E-state index >= 15 is 0 Å². The second kappa shape index (κ2) is 7.47. The van der Waals surface area contributed by atoms with Crippen molar-refractivity contribution in [2.45, 2.75) is 26.7 Å². The zero-order valence-electron chi connectivity index (χ0n) is 11.7. The standard InChI is InChI=1S/C14H20N2O4/c1-9(2)6-10(7-13(18)19)8-15-14(20)11-4-3-5-12(17)16-11/h3-5,9-10H,6-8H2,1-2H3,(H,15,20)(H,16,17)(H,18,19). The third-order valence-electron chi connectivity index (χ3n) is 2.83. The summed E-state index contributed by atoms with van der Waals surface area (Å²) in [6, 6.07) is 4.32. The number of hydrogen-bond donors (Lipinski definition) is 3. The third-order valence-corrected chi connectivity index (χ3v) is 2.83. The molecule has 0 aromatic carbocycles. The first-order chi connectivity index (χ1) is 9.38. The van der Waals surface area contributed by atoms with Crippen LogP contribution in [0.25, 0.3) is 0 Å². The van der Waals surface area contributed by atoms with Gasteiger partial charge in [0, 0.05) is 19.0 Å². The highest BCUT2D eigenvalue weighted by Crippen LogP contribution is 2.14. The van der Waals surface area contributed by atoms with Gasteiger partial charge in [-0.15, -0.1) is 0 Å². The van der Waals surface area contributed by atoms with E-state index in [1.54, 1.807) is 0 Å². The van der Waals surface area contributed by atoms with Gasteiger partial charge in [0.15, 0.2) is 0 Å². The van der Waals surface area contributed by atoms with Gasteiger partial charge in [-0.1, -0.05) is 19.9 Å². The van der Waals surface area contributed by atoms with E-state index < -0.39 is 11.9 Å². The number of aliphatic carboxylic acids is 1. The predicted molar refractivity (Wildman–Crippen MR) is 74.6 cm³/mol. The van der Waals surface area contributed by atoms with Crippen LogP contribution in [0.15, 0.2) is 23.0 Å². The lowest BCUT2D eigenvalue weighted by molar-refractivity contribution is -0.138. The first kappa shape index (κ1) is 15.9. The molecule has 0 fully saturated rings. The number of carboxylic acids is 1. The van der Waals surface area contributed by atoms with Crippen molar-refractivity contribution in [3.63, 3.8) is 0 Å². The highest BCUT2D eigenvalue weighted by Gasteiger charge is 2.16. The van der Waals surface area contributed by atoms with Crippen molar-refractivity contribution in [3.8, 4) is 0 Å². The maximum Gasteiger partial charge on any atom is 0.303 e. The van der Waals surface area contributed by atoms with Gasteiger partial charge in [-0.3, -0.25) is 14.4 Å². The summed E-state index contributed by atoms with van der Waals surface area (Å²) < 4.78 is 0. The van der Waals surface area contributed by atoms with Crippen LogP contribution in [-0.4, -0.2) is 28.5 Å². The Morgan fingerprint density at radius 2 is 2.05 bits per heavy atom. The van der Waals surface area contributed by atoms with Gasteiger partial charge in [-0.25, -0.2) is 0 Å². The summed E-state index contributed by atoms with van der Waals surface area (Å²) in [5.41, 5.74) is -0.168. The van der Waals surface area contributed by atoms with Crippen LogP contribution in [0.4, 0.5) is 0 Å². The van der Waals surface area contributed by atoms with E-state index in [4.69, 9.17) is 5.11 Å². The molecule has 20 heavy (non-hydrogen) atoms. The Hall–Kier alpha value is -2.11. The molecule has 6 heteroatoms. The molecule has 0 radical (unpaired) electrons. The second-order valence-electron chi connectivity index (χ2n) is 5.23. The van der Waals surface area contributed by atoms with Crippen molar-refractivity contribution in [1.82, 2.24) is 10.3 Å². The van der Waals surface area contributed by atoms with Crippen molar-refractivity contribution in [1.29, 1.82) is 0 Å². The van der Waals surface area contributed by atoms with Crippen molar-refractivity contribution >= 4 is 11.9 Å². The molecule has 1 amide bonds. The van der Waals surface area contributed by atoms with E-state index in [1.165, 1.54) is 18.2 Å². The number of H-pyrrole nitrogens is 1. The maximum atomic E-state index is 11.8. The molecule has 6 nitrogen and oxygen atoms in total. The fourth-order valence-corrected chi connectivity index (χ4v) is 2.06. The van der Waals surface area contributed by atoms with Gasteiger partial charge in [0.1, 0.15) is 5.69 Å². The molecule has 0 aliphatic rings. The number of aromatic nitrogens is 1. The van der Waals surface area contributed by atoms with E-state index in [-0.39, 0.29) is 30.1 Å². The summed E-state index contributed by atoms with van der Waals surface area (Å²) in [6.45, 7) is 4.29. The van der Waals surface area contributed by atoms with Crippen LogP contribution in [0.1, 0.15) is 37.2 Å². The lowest BCUT2D eigenvalue weighted by Gasteiger charge is -2.17. The molecule has 0 bridgehead atoms. The number of pyridine rings is 1. The Bertz CT molecular complexity index is 522. The molecule has 0 saturated carbocycles. The average molecular weight is 280 g/mol. The number of carbonyl (C=O) groups is 2. The quantitative estimate of drug-likeness (QED) is 0.699. The van der Waals surface area contributed by atoms with Crippen LogP contribution >= 0.6 is 0 Å². The minimum Gasteiger partial charge on any atom is -0.481 e. The average Bonchev–Trinajstić information content (AvgIpc) is 2.34. The summed E-state index contributed by atoms with van der Waals surface area (Å²) >= 11 is 0. The molecule has 1 aromatic rings. The number of hydrogen-bond acceptors (Lipinski definition) is 3. The molecule has 1 atom stereocenters. The Kier molecular flexibility index (Phi) is 5.96. The van der Waals surface area contributed by atoms with Crippen LogP contribution in [0.3, 0.4) is 0 Å². The first-order valence-electron chi connectivity index (χ1n) is 6.57. The number of carbonyl (C=O) groups excluding carboxylic acids is 1. The fraction of sp³-hybridized carbons (Fsp3) is 0.500. The summed E-state index contributed by atoms with van der Waals surface area (Å²) in [6.07, 6.45) is 0.738. The monoisotopic (exact) mass is 280 g/mol. The fourth-order valence-electron chi connectivity index (χ4n) is 2.06. The van der Waals surface area contributed by atoms with Crippen LogP contribution in [0.5, 0.6) is 0 Å². The van der Waals surface area contributed by atoms with E-state index in [0.29, 0.717) is 5.92 Å². The largest absolute Gasteiger partial charge is 0.481 e. The van der Waals surface area contributed by atoms with Gasteiger partial charge < -0.3 is 15.4 Å². The Balaban J connectivity index is 2.60. The molecule has 0 saturated heterocycles. The maximum absolute atomic E-state index is 11.8. The van der Waals surface area contributed by atoms with Gasteiger partial charge in [0.25, 0.3) is 5.91 Å². The first-order valence-corrected chi connectivity index (χ1v) is 6.57. The Morgan fingerprint density at radius 3 is 2.60 bits per heavy atom. The van der Waals surface area contributed by atoms with Gasteiger partial charge in [-0.2, -0.15) is 0 Å². The number of aromatic amines is 1. The zero-order chi connectivity index (χ0) is 15.1. The van der Waals surface area contributed by atoms with E-state index in [2.05, 4.69) is 10.3 Å². The van der Waals surface area contributed by atoms with Crippen LogP contribution in [-0.2, 0) is 4.79 Å². The highest BCUT2D eigenvalue weighted by atomic mass is 16.4. The lowest BCUT2D eigenvalue weighted by Crippen LogP contribution is -2.32. The smallest absolute Gasteiger partial charge is 0.303 e. The number of amides is 1. The Morgan fingerprint density at radius 1 is 1.35 bits per heavy atom. The molecule has 1 heterocycles. The summed E-state index contributed by atoms with van der Waals surface area (Å²) in [4.78, 5) is 36.2. The number of carboxylic acid groups (broad SMARTS) is 1.